The van der Waals surface area contributed by atoms with Crippen molar-refractivity contribution in [1.29, 1.82) is 0 Å². The Morgan fingerprint density at radius 1 is 1.07 bits per heavy atom. The van der Waals surface area contributed by atoms with Crippen LogP contribution < -0.4 is 5.32 Å². The first kappa shape index (κ1) is 10.0. The maximum atomic E-state index is 3.47. The van der Waals surface area contributed by atoms with Crippen LogP contribution in [0.15, 0.2) is 12.3 Å². The van der Waals surface area contributed by atoms with Crippen molar-refractivity contribution < 1.29 is 0 Å². The largest absolute Gasteiger partial charge is 0.378 e. The lowest BCUT2D eigenvalue weighted by atomic mass is 9.72. The molecule has 0 amide bonds. The van der Waals surface area contributed by atoms with Crippen LogP contribution >= 0.6 is 0 Å². The van der Waals surface area contributed by atoms with Crippen LogP contribution in [0.3, 0.4) is 0 Å². The van der Waals surface area contributed by atoms with Crippen molar-refractivity contribution in [1.82, 2.24) is 10.2 Å². The van der Waals surface area contributed by atoms with Crippen molar-refractivity contribution >= 4 is 0 Å². The first-order valence-corrected chi connectivity index (χ1v) is 5.92. The van der Waals surface area contributed by atoms with Gasteiger partial charge in [-0.25, -0.2) is 0 Å². The second-order valence-electron chi connectivity index (χ2n) is 4.77. The number of nitrogens with zero attached hydrogens (tertiary/aromatic N) is 1. The fourth-order valence-electron chi connectivity index (χ4n) is 2.82. The van der Waals surface area contributed by atoms with Gasteiger partial charge < -0.3 is 10.2 Å². The molecule has 2 nitrogen and oxygen atoms in total. The molecule has 0 aliphatic carbocycles. The lowest BCUT2D eigenvalue weighted by Gasteiger charge is -2.44. The van der Waals surface area contributed by atoms with E-state index >= 15 is 0 Å². The van der Waals surface area contributed by atoms with E-state index in [4.69, 9.17) is 0 Å². The van der Waals surface area contributed by atoms with Crippen molar-refractivity contribution in [3.8, 4) is 0 Å². The van der Waals surface area contributed by atoms with Crippen LogP contribution in [0.4, 0.5) is 0 Å². The predicted octanol–water partition coefficient (Wildman–Crippen LogP) is 1.99. The summed E-state index contributed by atoms with van der Waals surface area (Å²) in [5.41, 5.74) is 0.698. The molecule has 0 aromatic carbocycles. The van der Waals surface area contributed by atoms with E-state index in [1.807, 2.05) is 0 Å². The topological polar surface area (TPSA) is 15.3 Å². The molecule has 14 heavy (non-hydrogen) atoms. The Bertz CT molecular complexity index is 194. The molecule has 80 valence electrons. The van der Waals surface area contributed by atoms with Gasteiger partial charge in [0.2, 0.25) is 0 Å². The van der Waals surface area contributed by atoms with Crippen LogP contribution in [-0.4, -0.2) is 31.1 Å². The molecular formula is C12H22N2. The quantitative estimate of drug-likeness (QED) is 0.686. The van der Waals surface area contributed by atoms with Gasteiger partial charge in [0.05, 0.1) is 0 Å². The number of hydrogen-bond acceptors (Lipinski definition) is 2. The van der Waals surface area contributed by atoms with Gasteiger partial charge in [0.15, 0.2) is 0 Å². The summed E-state index contributed by atoms with van der Waals surface area (Å²) in [6.07, 6.45) is 10.00. The van der Waals surface area contributed by atoms with Gasteiger partial charge in [0.25, 0.3) is 0 Å². The van der Waals surface area contributed by atoms with Gasteiger partial charge in [0, 0.05) is 13.1 Å². The minimum Gasteiger partial charge on any atom is -0.378 e. The highest BCUT2D eigenvalue weighted by molar-refractivity contribution is 4.92. The van der Waals surface area contributed by atoms with Crippen LogP contribution in [0, 0.1) is 5.41 Å². The highest BCUT2D eigenvalue weighted by Crippen LogP contribution is 2.39. The molecule has 2 aliphatic heterocycles. The van der Waals surface area contributed by atoms with Gasteiger partial charge in [-0.05, 0) is 57.3 Å². The SMILES string of the molecule is C/C=C/N1CCC2(CCNCC2)CC1. The van der Waals surface area contributed by atoms with E-state index in [0.717, 1.165) is 0 Å². The number of allylic oxidation sites excluding steroid dienone is 1. The lowest BCUT2D eigenvalue weighted by Crippen LogP contribution is -2.44. The minimum absolute atomic E-state index is 0.698. The van der Waals surface area contributed by atoms with E-state index in [-0.39, 0.29) is 0 Å². The van der Waals surface area contributed by atoms with Crippen LogP contribution in [0.1, 0.15) is 32.6 Å². The van der Waals surface area contributed by atoms with Crippen molar-refractivity contribution in [2.75, 3.05) is 26.2 Å². The van der Waals surface area contributed by atoms with Crippen molar-refractivity contribution in [3.63, 3.8) is 0 Å². The van der Waals surface area contributed by atoms with E-state index < -0.39 is 0 Å². The van der Waals surface area contributed by atoms with Crippen molar-refractivity contribution in [3.05, 3.63) is 12.3 Å². The van der Waals surface area contributed by atoms with Crippen LogP contribution in [-0.2, 0) is 0 Å². The molecule has 0 unspecified atom stereocenters. The summed E-state index contributed by atoms with van der Waals surface area (Å²) in [5.74, 6) is 0. The number of nitrogens with one attached hydrogen (secondary N) is 1. The Balaban J connectivity index is 1.87. The van der Waals surface area contributed by atoms with Crippen LogP contribution in [0.2, 0.25) is 0 Å². The molecule has 0 aromatic heterocycles. The fourth-order valence-corrected chi connectivity index (χ4v) is 2.82. The van der Waals surface area contributed by atoms with E-state index in [1.165, 1.54) is 51.9 Å². The monoisotopic (exact) mass is 194 g/mol. The van der Waals surface area contributed by atoms with E-state index in [9.17, 15) is 0 Å². The molecule has 2 heterocycles. The van der Waals surface area contributed by atoms with Gasteiger partial charge in [-0.1, -0.05) is 6.08 Å². The third kappa shape index (κ3) is 2.11. The van der Waals surface area contributed by atoms with Crippen LogP contribution in [0.5, 0.6) is 0 Å². The average molecular weight is 194 g/mol. The zero-order valence-electron chi connectivity index (χ0n) is 9.26. The Morgan fingerprint density at radius 3 is 2.29 bits per heavy atom. The second kappa shape index (κ2) is 4.35. The smallest absolute Gasteiger partial charge is 0.0177 e. The highest BCUT2D eigenvalue weighted by atomic mass is 15.1. The third-order valence-electron chi connectivity index (χ3n) is 3.88. The molecule has 0 aromatic rings. The molecule has 2 fully saturated rings. The van der Waals surface area contributed by atoms with Crippen molar-refractivity contribution in [2.24, 2.45) is 5.41 Å². The molecule has 0 radical (unpaired) electrons. The molecule has 0 atom stereocenters. The standard InChI is InChI=1S/C12H22N2/c1-2-9-14-10-5-12(6-11-14)3-7-13-8-4-12/h2,9,13H,3-8,10-11H2,1H3/b9-2+. The normalized spacial score (nSPS) is 27.4. The number of likely N-dealkylation sites (tertiary alicyclic amines) is 1. The summed E-state index contributed by atoms with van der Waals surface area (Å²) in [7, 11) is 0. The van der Waals surface area contributed by atoms with E-state index in [0.29, 0.717) is 5.41 Å². The molecule has 2 rings (SSSR count). The van der Waals surface area contributed by atoms with Gasteiger partial charge in [-0.3, -0.25) is 0 Å². The minimum atomic E-state index is 0.698. The summed E-state index contributed by atoms with van der Waals surface area (Å²) < 4.78 is 0. The molecule has 0 bridgehead atoms. The fraction of sp³-hybridized carbons (Fsp3) is 0.833. The van der Waals surface area contributed by atoms with Crippen molar-refractivity contribution in [2.45, 2.75) is 32.6 Å². The zero-order chi connectivity index (χ0) is 9.86. The Hall–Kier alpha value is -0.500. The Labute approximate surface area is 87.4 Å². The maximum Gasteiger partial charge on any atom is 0.0177 e. The molecule has 0 saturated carbocycles. The molecule has 1 N–H and O–H groups in total. The van der Waals surface area contributed by atoms with Gasteiger partial charge in [-0.15, -0.1) is 0 Å². The van der Waals surface area contributed by atoms with Gasteiger partial charge in [0.1, 0.15) is 0 Å². The first-order chi connectivity index (χ1) is 6.85. The summed E-state index contributed by atoms with van der Waals surface area (Å²) in [6, 6.07) is 0. The summed E-state index contributed by atoms with van der Waals surface area (Å²) in [6.45, 7) is 7.12. The molecule has 1 spiro atoms. The van der Waals surface area contributed by atoms with Crippen LogP contribution in [0.25, 0.3) is 0 Å². The van der Waals surface area contributed by atoms with Gasteiger partial charge in [-0.2, -0.15) is 0 Å². The summed E-state index contributed by atoms with van der Waals surface area (Å²) in [4.78, 5) is 2.47. The third-order valence-corrected chi connectivity index (χ3v) is 3.88. The first-order valence-electron chi connectivity index (χ1n) is 5.92. The maximum absolute atomic E-state index is 3.47. The predicted molar refractivity (Wildman–Crippen MR) is 60.2 cm³/mol. The molecular weight excluding hydrogens is 172 g/mol. The Kier molecular flexibility index (Phi) is 3.12. The molecule has 2 heteroatoms. The molecule has 2 saturated heterocycles. The average Bonchev–Trinajstić information content (AvgIpc) is 2.24. The molecule has 2 aliphatic rings. The van der Waals surface area contributed by atoms with E-state index in [2.05, 4.69) is 29.4 Å². The van der Waals surface area contributed by atoms with Gasteiger partial charge >= 0.3 is 0 Å². The second-order valence-corrected chi connectivity index (χ2v) is 4.77. The zero-order valence-corrected chi connectivity index (χ0v) is 9.26. The highest BCUT2D eigenvalue weighted by Gasteiger charge is 2.34. The number of rotatable bonds is 1. The Morgan fingerprint density at radius 2 is 1.71 bits per heavy atom. The number of piperidine rings is 2. The summed E-state index contributed by atoms with van der Waals surface area (Å²) >= 11 is 0. The number of hydrogen-bond donors (Lipinski definition) is 1. The lowest BCUT2D eigenvalue weighted by molar-refractivity contribution is 0.0969. The summed E-state index contributed by atoms with van der Waals surface area (Å²) in [5, 5.41) is 3.47. The van der Waals surface area contributed by atoms with E-state index in [1.54, 1.807) is 0 Å².